The van der Waals surface area contributed by atoms with Crippen LogP contribution in [0.4, 0.5) is 0 Å². The highest BCUT2D eigenvalue weighted by atomic mass is 35.5. The molecular formula is C12H11ClN2O2. The number of esters is 1. The molecule has 0 bridgehead atoms. The molecule has 0 amide bonds. The standard InChI is InChI=1S/C12H11ClN2O2/c1-15-7-9(6-14-15)8-17-12(16)10-4-2-3-5-11(10)13/h2-7H,8H2,1H3. The molecule has 1 heterocycles. The maximum absolute atomic E-state index is 11.7. The Labute approximate surface area is 104 Å². The maximum Gasteiger partial charge on any atom is 0.339 e. The molecule has 1 aromatic heterocycles. The minimum absolute atomic E-state index is 0.192. The molecule has 0 aliphatic heterocycles. The van der Waals surface area contributed by atoms with E-state index in [9.17, 15) is 4.79 Å². The largest absolute Gasteiger partial charge is 0.457 e. The summed E-state index contributed by atoms with van der Waals surface area (Å²) in [5.74, 6) is -0.431. The lowest BCUT2D eigenvalue weighted by molar-refractivity contribution is 0.0473. The van der Waals surface area contributed by atoms with Crippen molar-refractivity contribution in [2.75, 3.05) is 0 Å². The van der Waals surface area contributed by atoms with E-state index in [2.05, 4.69) is 5.10 Å². The Bertz CT molecular complexity index is 537. The quantitative estimate of drug-likeness (QED) is 0.786. The van der Waals surface area contributed by atoms with Gasteiger partial charge in [0.2, 0.25) is 0 Å². The third-order valence-corrected chi connectivity index (χ3v) is 2.55. The number of ether oxygens (including phenoxy) is 1. The summed E-state index contributed by atoms with van der Waals surface area (Å²) < 4.78 is 6.78. The van der Waals surface area contributed by atoms with Crippen LogP contribution in [0.5, 0.6) is 0 Å². The number of aromatic nitrogens is 2. The van der Waals surface area contributed by atoms with Crippen molar-refractivity contribution in [3.8, 4) is 0 Å². The van der Waals surface area contributed by atoms with Crippen LogP contribution in [-0.4, -0.2) is 15.7 Å². The van der Waals surface area contributed by atoms with Gasteiger partial charge in [-0.15, -0.1) is 0 Å². The van der Waals surface area contributed by atoms with Crippen LogP contribution in [-0.2, 0) is 18.4 Å². The molecule has 0 atom stereocenters. The summed E-state index contributed by atoms with van der Waals surface area (Å²) in [5.41, 5.74) is 1.21. The molecule has 0 radical (unpaired) electrons. The first-order valence-corrected chi connectivity index (χ1v) is 5.44. The summed E-state index contributed by atoms with van der Waals surface area (Å²) in [4.78, 5) is 11.7. The minimum atomic E-state index is -0.431. The predicted molar refractivity (Wildman–Crippen MR) is 63.8 cm³/mol. The van der Waals surface area contributed by atoms with E-state index in [1.54, 1.807) is 48.4 Å². The molecule has 2 aromatic rings. The van der Waals surface area contributed by atoms with Crippen LogP contribution in [0.3, 0.4) is 0 Å². The Morgan fingerprint density at radius 1 is 1.47 bits per heavy atom. The molecule has 4 nitrogen and oxygen atoms in total. The number of nitrogens with zero attached hydrogens (tertiary/aromatic N) is 2. The van der Waals surface area contributed by atoms with Crippen molar-refractivity contribution in [1.29, 1.82) is 0 Å². The molecule has 1 aromatic carbocycles. The van der Waals surface area contributed by atoms with E-state index in [4.69, 9.17) is 16.3 Å². The Morgan fingerprint density at radius 2 is 2.24 bits per heavy atom. The summed E-state index contributed by atoms with van der Waals surface area (Å²) in [7, 11) is 1.80. The monoisotopic (exact) mass is 250 g/mol. The third-order valence-electron chi connectivity index (χ3n) is 2.22. The van der Waals surface area contributed by atoms with Gasteiger partial charge in [0.05, 0.1) is 16.8 Å². The van der Waals surface area contributed by atoms with E-state index >= 15 is 0 Å². The third kappa shape index (κ3) is 2.85. The van der Waals surface area contributed by atoms with Crippen molar-refractivity contribution in [3.05, 3.63) is 52.8 Å². The number of carbonyl (C=O) groups is 1. The van der Waals surface area contributed by atoms with Gasteiger partial charge in [0.15, 0.2) is 0 Å². The van der Waals surface area contributed by atoms with Crippen molar-refractivity contribution < 1.29 is 9.53 Å². The second-order valence-corrected chi connectivity index (χ2v) is 3.99. The number of rotatable bonds is 3. The van der Waals surface area contributed by atoms with Gasteiger partial charge in [-0.1, -0.05) is 23.7 Å². The highest BCUT2D eigenvalue weighted by molar-refractivity contribution is 6.33. The van der Waals surface area contributed by atoms with Crippen LogP contribution >= 0.6 is 11.6 Å². The topological polar surface area (TPSA) is 44.1 Å². The molecule has 88 valence electrons. The zero-order valence-electron chi connectivity index (χ0n) is 9.26. The molecule has 0 aliphatic carbocycles. The van der Waals surface area contributed by atoms with Gasteiger partial charge in [0.1, 0.15) is 6.61 Å². The Kier molecular flexibility index (Phi) is 3.44. The number of halogens is 1. The minimum Gasteiger partial charge on any atom is -0.457 e. The zero-order valence-corrected chi connectivity index (χ0v) is 10.0. The number of hydrogen-bond acceptors (Lipinski definition) is 3. The molecule has 17 heavy (non-hydrogen) atoms. The molecule has 0 aliphatic rings. The summed E-state index contributed by atoms with van der Waals surface area (Å²) in [6.07, 6.45) is 3.44. The van der Waals surface area contributed by atoms with Gasteiger partial charge >= 0.3 is 5.97 Å². The lowest BCUT2D eigenvalue weighted by Crippen LogP contribution is -2.05. The summed E-state index contributed by atoms with van der Waals surface area (Å²) in [5, 5.41) is 4.38. The number of carbonyl (C=O) groups excluding carboxylic acids is 1. The Balaban J connectivity index is 2.01. The van der Waals surface area contributed by atoms with Gasteiger partial charge in [-0.05, 0) is 12.1 Å². The van der Waals surface area contributed by atoms with E-state index in [0.29, 0.717) is 10.6 Å². The van der Waals surface area contributed by atoms with Crippen LogP contribution in [0.25, 0.3) is 0 Å². The lowest BCUT2D eigenvalue weighted by Gasteiger charge is -2.04. The lowest BCUT2D eigenvalue weighted by atomic mass is 10.2. The van der Waals surface area contributed by atoms with Crippen molar-refractivity contribution in [1.82, 2.24) is 9.78 Å². The summed E-state index contributed by atoms with van der Waals surface area (Å²) in [6.45, 7) is 0.192. The summed E-state index contributed by atoms with van der Waals surface area (Å²) >= 11 is 5.89. The van der Waals surface area contributed by atoms with E-state index in [1.165, 1.54) is 0 Å². The van der Waals surface area contributed by atoms with Gasteiger partial charge < -0.3 is 4.74 Å². The molecule has 5 heteroatoms. The van der Waals surface area contributed by atoms with Crippen LogP contribution in [0.15, 0.2) is 36.7 Å². The van der Waals surface area contributed by atoms with E-state index in [0.717, 1.165) is 5.56 Å². The van der Waals surface area contributed by atoms with Crippen molar-refractivity contribution in [2.45, 2.75) is 6.61 Å². The van der Waals surface area contributed by atoms with Crippen molar-refractivity contribution in [2.24, 2.45) is 7.05 Å². The normalized spacial score (nSPS) is 10.2. The van der Waals surface area contributed by atoms with Crippen molar-refractivity contribution >= 4 is 17.6 Å². The first-order chi connectivity index (χ1) is 8.16. The molecular weight excluding hydrogens is 240 g/mol. The van der Waals surface area contributed by atoms with E-state index in [-0.39, 0.29) is 6.61 Å². The first-order valence-electron chi connectivity index (χ1n) is 5.06. The second kappa shape index (κ2) is 5.01. The summed E-state index contributed by atoms with van der Waals surface area (Å²) in [6, 6.07) is 6.79. The van der Waals surface area contributed by atoms with Gasteiger partial charge in [-0.25, -0.2) is 4.79 Å². The van der Waals surface area contributed by atoms with Gasteiger partial charge in [-0.3, -0.25) is 4.68 Å². The molecule has 0 spiro atoms. The Hall–Kier alpha value is -1.81. The number of benzene rings is 1. The fourth-order valence-corrected chi connectivity index (χ4v) is 1.61. The van der Waals surface area contributed by atoms with Crippen LogP contribution in [0, 0.1) is 0 Å². The van der Waals surface area contributed by atoms with Gasteiger partial charge in [-0.2, -0.15) is 5.10 Å². The fraction of sp³-hybridized carbons (Fsp3) is 0.167. The SMILES string of the molecule is Cn1cc(COC(=O)c2ccccc2Cl)cn1. The van der Waals surface area contributed by atoms with Crippen LogP contribution in [0.1, 0.15) is 15.9 Å². The van der Waals surface area contributed by atoms with Gasteiger partial charge in [0.25, 0.3) is 0 Å². The average molecular weight is 251 g/mol. The number of hydrogen-bond donors (Lipinski definition) is 0. The molecule has 2 rings (SSSR count). The molecule has 0 saturated heterocycles. The van der Waals surface area contributed by atoms with E-state index in [1.807, 2.05) is 0 Å². The molecule has 0 unspecified atom stereocenters. The average Bonchev–Trinajstić information content (AvgIpc) is 2.73. The fourth-order valence-electron chi connectivity index (χ4n) is 1.40. The molecule has 0 saturated carbocycles. The molecule has 0 N–H and O–H groups in total. The number of aryl methyl sites for hydroxylation is 1. The maximum atomic E-state index is 11.7. The van der Waals surface area contributed by atoms with E-state index < -0.39 is 5.97 Å². The smallest absolute Gasteiger partial charge is 0.339 e. The zero-order chi connectivity index (χ0) is 12.3. The molecule has 0 fully saturated rings. The van der Waals surface area contributed by atoms with Crippen LogP contribution < -0.4 is 0 Å². The predicted octanol–water partition coefficient (Wildman–Crippen LogP) is 2.43. The highest BCUT2D eigenvalue weighted by Gasteiger charge is 2.11. The second-order valence-electron chi connectivity index (χ2n) is 3.58. The van der Waals surface area contributed by atoms with Gasteiger partial charge in [0, 0.05) is 18.8 Å². The van der Waals surface area contributed by atoms with Crippen LogP contribution in [0.2, 0.25) is 5.02 Å². The highest BCUT2D eigenvalue weighted by Crippen LogP contribution is 2.16. The first kappa shape index (κ1) is 11.7. The Morgan fingerprint density at radius 3 is 2.88 bits per heavy atom. The van der Waals surface area contributed by atoms with Crippen molar-refractivity contribution in [3.63, 3.8) is 0 Å².